The summed E-state index contributed by atoms with van der Waals surface area (Å²) < 4.78 is 21.8. The lowest BCUT2D eigenvalue weighted by atomic mass is 10.0. The Kier molecular flexibility index (Phi) is 5.50. The number of rotatable bonds is 4. The van der Waals surface area contributed by atoms with Crippen molar-refractivity contribution >= 4 is 17.3 Å². The Morgan fingerprint density at radius 2 is 2.12 bits per heavy atom. The first-order chi connectivity index (χ1) is 15.6. The summed E-state index contributed by atoms with van der Waals surface area (Å²) in [4.78, 5) is 27.4. The number of hydrogen-bond donors (Lipinski definition) is 0. The minimum absolute atomic E-state index is 0.193. The van der Waals surface area contributed by atoms with Crippen molar-refractivity contribution in [1.29, 1.82) is 0 Å². The Morgan fingerprint density at radius 1 is 1.22 bits per heavy atom. The van der Waals surface area contributed by atoms with E-state index < -0.39 is 5.82 Å². The van der Waals surface area contributed by atoms with Crippen LogP contribution in [0.15, 0.2) is 65.2 Å². The summed E-state index contributed by atoms with van der Waals surface area (Å²) in [5.74, 6) is -0.0360. The summed E-state index contributed by atoms with van der Waals surface area (Å²) in [6.07, 6.45) is 4.20. The topological polar surface area (TPSA) is 73.1 Å². The molecule has 7 nitrogen and oxygen atoms in total. The lowest BCUT2D eigenvalue weighted by Crippen LogP contribution is -2.41. The van der Waals surface area contributed by atoms with Gasteiger partial charge in [0.15, 0.2) is 5.82 Å². The number of thiazole rings is 1. The zero-order chi connectivity index (χ0) is 22.1. The van der Waals surface area contributed by atoms with E-state index in [-0.39, 0.29) is 22.9 Å². The zero-order valence-corrected chi connectivity index (χ0v) is 18.1. The monoisotopic (exact) mass is 449 g/mol. The Labute approximate surface area is 187 Å². The van der Waals surface area contributed by atoms with Crippen molar-refractivity contribution in [3.8, 4) is 21.8 Å². The minimum Gasteiger partial charge on any atom is -0.370 e. The fourth-order valence-corrected chi connectivity index (χ4v) is 4.44. The van der Waals surface area contributed by atoms with Gasteiger partial charge >= 0.3 is 0 Å². The van der Waals surface area contributed by atoms with Crippen LogP contribution in [0.3, 0.4) is 0 Å². The predicted molar refractivity (Wildman–Crippen MR) is 121 cm³/mol. The summed E-state index contributed by atoms with van der Waals surface area (Å²) >= 11 is 1.59. The second kappa shape index (κ2) is 8.60. The molecule has 0 N–H and O–H groups in total. The first kappa shape index (κ1) is 20.5. The molecule has 0 bridgehead atoms. The fraction of sp³-hybridized carbons (Fsp3) is 0.217. The maximum atomic E-state index is 14.3. The van der Waals surface area contributed by atoms with E-state index in [1.54, 1.807) is 24.6 Å². The third kappa shape index (κ3) is 3.92. The van der Waals surface area contributed by atoms with Crippen LogP contribution in [0.4, 0.5) is 10.3 Å². The molecule has 3 aromatic heterocycles. The van der Waals surface area contributed by atoms with Crippen LogP contribution in [0.1, 0.15) is 11.7 Å². The average molecular weight is 450 g/mol. The van der Waals surface area contributed by atoms with Gasteiger partial charge in [-0.1, -0.05) is 18.2 Å². The van der Waals surface area contributed by atoms with Gasteiger partial charge in [-0.05, 0) is 17.7 Å². The highest BCUT2D eigenvalue weighted by Crippen LogP contribution is 2.30. The van der Waals surface area contributed by atoms with Crippen molar-refractivity contribution in [2.45, 2.75) is 6.10 Å². The first-order valence-electron chi connectivity index (χ1n) is 10.1. The van der Waals surface area contributed by atoms with Gasteiger partial charge in [0.1, 0.15) is 11.1 Å². The quantitative estimate of drug-likeness (QED) is 0.473. The third-order valence-corrected chi connectivity index (χ3v) is 6.27. The molecule has 1 atom stereocenters. The molecule has 0 spiro atoms. The Hall–Kier alpha value is -3.43. The SMILES string of the molecule is Cn1c(N2CCOC(c3cccc(-c4nccs4)c3)C2)nc(-c2ccncc2F)cc1=O. The second-order valence-electron chi connectivity index (χ2n) is 7.46. The van der Waals surface area contributed by atoms with E-state index in [1.807, 2.05) is 28.5 Å². The maximum absolute atomic E-state index is 14.3. The van der Waals surface area contributed by atoms with E-state index in [4.69, 9.17) is 4.74 Å². The van der Waals surface area contributed by atoms with E-state index in [2.05, 4.69) is 21.0 Å². The largest absolute Gasteiger partial charge is 0.370 e. The number of ether oxygens (including phenoxy) is 1. The van der Waals surface area contributed by atoms with Crippen LogP contribution < -0.4 is 10.5 Å². The summed E-state index contributed by atoms with van der Waals surface area (Å²) in [6, 6.07) is 11.0. The van der Waals surface area contributed by atoms with Gasteiger partial charge in [-0.25, -0.2) is 14.4 Å². The number of halogens is 1. The molecule has 0 amide bonds. The molecule has 1 fully saturated rings. The summed E-state index contributed by atoms with van der Waals surface area (Å²) in [7, 11) is 1.67. The molecule has 4 heterocycles. The smallest absolute Gasteiger partial charge is 0.255 e. The molecule has 9 heteroatoms. The van der Waals surface area contributed by atoms with Crippen molar-refractivity contribution in [2.24, 2.45) is 7.05 Å². The van der Waals surface area contributed by atoms with Gasteiger partial charge in [0.05, 0.1) is 25.0 Å². The Morgan fingerprint density at radius 3 is 2.94 bits per heavy atom. The number of nitrogens with zero attached hydrogens (tertiary/aromatic N) is 5. The molecule has 1 aliphatic heterocycles. The van der Waals surface area contributed by atoms with Crippen LogP contribution in [0, 0.1) is 5.82 Å². The van der Waals surface area contributed by atoms with Gasteiger partial charge in [0.2, 0.25) is 5.95 Å². The van der Waals surface area contributed by atoms with Crippen molar-refractivity contribution in [1.82, 2.24) is 19.5 Å². The van der Waals surface area contributed by atoms with Gasteiger partial charge in [0.25, 0.3) is 5.56 Å². The molecule has 5 rings (SSSR count). The standard InChI is InChI=1S/C23H20FN5O2S/c1-28-21(30)12-19(17-5-6-25-13-18(17)24)27-23(28)29-8-9-31-20(14-29)15-3-2-4-16(11-15)22-26-7-10-32-22/h2-7,10-13,20H,8-9,14H2,1H3. The van der Waals surface area contributed by atoms with E-state index in [0.717, 1.165) is 22.3 Å². The third-order valence-electron chi connectivity index (χ3n) is 5.45. The molecule has 0 radical (unpaired) electrons. The van der Waals surface area contributed by atoms with E-state index >= 15 is 0 Å². The molecule has 4 aromatic rings. The molecular weight excluding hydrogens is 429 g/mol. The highest BCUT2D eigenvalue weighted by Gasteiger charge is 2.26. The van der Waals surface area contributed by atoms with Crippen LogP contribution in [0.2, 0.25) is 0 Å². The Bertz CT molecular complexity index is 1310. The van der Waals surface area contributed by atoms with Gasteiger partial charge in [-0.3, -0.25) is 14.3 Å². The van der Waals surface area contributed by atoms with Gasteiger partial charge in [-0.2, -0.15) is 0 Å². The van der Waals surface area contributed by atoms with Gasteiger partial charge in [-0.15, -0.1) is 11.3 Å². The molecule has 1 saturated heterocycles. The van der Waals surface area contributed by atoms with Crippen molar-refractivity contribution in [2.75, 3.05) is 24.6 Å². The van der Waals surface area contributed by atoms with E-state index in [9.17, 15) is 9.18 Å². The van der Waals surface area contributed by atoms with Gasteiger partial charge < -0.3 is 9.64 Å². The number of hydrogen-bond acceptors (Lipinski definition) is 7. The number of aromatic nitrogens is 4. The highest BCUT2D eigenvalue weighted by atomic mass is 32.1. The normalized spacial score (nSPS) is 16.3. The highest BCUT2D eigenvalue weighted by molar-refractivity contribution is 7.13. The summed E-state index contributed by atoms with van der Waals surface area (Å²) in [6.45, 7) is 1.57. The zero-order valence-electron chi connectivity index (χ0n) is 17.3. The molecule has 162 valence electrons. The number of benzene rings is 1. The van der Waals surface area contributed by atoms with Crippen LogP contribution in [-0.2, 0) is 11.8 Å². The predicted octanol–water partition coefficient (Wildman–Crippen LogP) is 3.68. The second-order valence-corrected chi connectivity index (χ2v) is 8.36. The van der Waals surface area contributed by atoms with Crippen molar-refractivity contribution in [3.05, 3.63) is 82.1 Å². The first-order valence-corrected chi connectivity index (χ1v) is 11.0. The number of pyridine rings is 1. The van der Waals surface area contributed by atoms with Crippen LogP contribution in [0.5, 0.6) is 0 Å². The van der Waals surface area contributed by atoms with Crippen LogP contribution in [0.25, 0.3) is 21.8 Å². The number of anilines is 1. The van der Waals surface area contributed by atoms with Gasteiger partial charge in [0, 0.05) is 48.6 Å². The minimum atomic E-state index is -0.516. The molecule has 0 saturated carbocycles. The van der Waals surface area contributed by atoms with Crippen LogP contribution in [-0.4, -0.2) is 39.2 Å². The maximum Gasteiger partial charge on any atom is 0.255 e. The summed E-state index contributed by atoms with van der Waals surface area (Å²) in [5, 5.41) is 2.90. The van der Waals surface area contributed by atoms with E-state index in [1.165, 1.54) is 22.9 Å². The molecule has 1 aliphatic rings. The Balaban J connectivity index is 1.47. The number of morpholine rings is 1. The molecule has 1 aromatic carbocycles. The fourth-order valence-electron chi connectivity index (χ4n) is 3.80. The average Bonchev–Trinajstić information content (AvgIpc) is 3.36. The molecule has 0 aliphatic carbocycles. The molecule has 1 unspecified atom stereocenters. The van der Waals surface area contributed by atoms with Crippen LogP contribution >= 0.6 is 11.3 Å². The molecular formula is C23H20FN5O2S. The lowest BCUT2D eigenvalue weighted by Gasteiger charge is -2.34. The van der Waals surface area contributed by atoms with Crippen molar-refractivity contribution in [3.63, 3.8) is 0 Å². The molecule has 32 heavy (non-hydrogen) atoms. The summed E-state index contributed by atoms with van der Waals surface area (Å²) in [5.41, 5.74) is 2.36. The van der Waals surface area contributed by atoms with E-state index in [0.29, 0.717) is 25.6 Å². The lowest BCUT2D eigenvalue weighted by molar-refractivity contribution is 0.0390. The van der Waals surface area contributed by atoms with Crippen molar-refractivity contribution < 1.29 is 9.13 Å².